The Hall–Kier alpha value is -1.37. The molecular weight excluding hydrogens is 241 g/mol. The van der Waals surface area contributed by atoms with Crippen LogP contribution in [0.5, 0.6) is 0 Å². The Bertz CT molecular complexity index is 486. The number of imidazole rings is 1. The zero-order chi connectivity index (χ0) is 11.8. The lowest BCUT2D eigenvalue weighted by Gasteiger charge is -2.03. The maximum Gasteiger partial charge on any atom is 0.395 e. The first-order valence-electron chi connectivity index (χ1n) is 4.43. The number of nitrogens with zero attached hydrogens (tertiary/aromatic N) is 2. The van der Waals surface area contributed by atoms with E-state index in [0.29, 0.717) is 10.7 Å². The van der Waals surface area contributed by atoms with Crippen molar-refractivity contribution >= 4 is 22.1 Å². The molecule has 0 aliphatic heterocycles. The van der Waals surface area contributed by atoms with Gasteiger partial charge in [-0.15, -0.1) is 11.3 Å². The number of hydrogen-bond donors (Lipinski definition) is 0. The molecule has 16 heavy (non-hydrogen) atoms. The van der Waals surface area contributed by atoms with Crippen LogP contribution < -0.4 is 0 Å². The summed E-state index contributed by atoms with van der Waals surface area (Å²) in [4.78, 5) is 15.8. The number of thiazole rings is 1. The minimum atomic E-state index is -4.44. The molecule has 2 heterocycles. The zero-order valence-electron chi connectivity index (χ0n) is 7.99. The average molecular weight is 248 g/mol. The number of Topliss-reactive ketones (excluding diaryl/α,β-unsaturated/α-hetero) is 1. The first-order valence-corrected chi connectivity index (χ1v) is 5.31. The van der Waals surface area contributed by atoms with Gasteiger partial charge in [0.25, 0.3) is 0 Å². The summed E-state index contributed by atoms with van der Waals surface area (Å²) in [5.41, 5.74) is 0.376. The number of ketones is 1. The van der Waals surface area contributed by atoms with Crippen molar-refractivity contribution in [2.75, 3.05) is 0 Å². The molecule has 0 radical (unpaired) electrons. The average Bonchev–Trinajstić information content (AvgIpc) is 2.58. The van der Waals surface area contributed by atoms with Gasteiger partial charge in [-0.3, -0.25) is 9.20 Å². The van der Waals surface area contributed by atoms with E-state index >= 15 is 0 Å². The van der Waals surface area contributed by atoms with Gasteiger partial charge in [0.2, 0.25) is 0 Å². The molecule has 0 atom stereocenters. The monoisotopic (exact) mass is 248 g/mol. The Morgan fingerprint density at radius 2 is 2.25 bits per heavy atom. The molecule has 3 nitrogen and oxygen atoms in total. The van der Waals surface area contributed by atoms with Crippen molar-refractivity contribution in [3.63, 3.8) is 0 Å². The van der Waals surface area contributed by atoms with E-state index in [1.54, 1.807) is 16.8 Å². The third kappa shape index (κ3) is 2.60. The molecule has 0 aromatic carbocycles. The summed E-state index contributed by atoms with van der Waals surface area (Å²) in [5, 5.41) is 1.81. The molecule has 0 aliphatic carbocycles. The van der Waals surface area contributed by atoms with Gasteiger partial charge < -0.3 is 0 Å². The highest BCUT2D eigenvalue weighted by atomic mass is 32.1. The highest BCUT2D eigenvalue weighted by Crippen LogP contribution is 2.21. The van der Waals surface area contributed by atoms with Crippen LogP contribution >= 0.6 is 11.3 Å². The summed E-state index contributed by atoms with van der Waals surface area (Å²) in [6.07, 6.45) is -2.79. The molecule has 2 rings (SSSR count). The summed E-state index contributed by atoms with van der Waals surface area (Å²) >= 11 is 1.37. The third-order valence-corrected chi connectivity index (χ3v) is 2.69. The second kappa shape index (κ2) is 3.89. The van der Waals surface area contributed by atoms with Crippen LogP contribution in [0, 0.1) is 0 Å². The van der Waals surface area contributed by atoms with Crippen molar-refractivity contribution in [3.05, 3.63) is 23.5 Å². The van der Waals surface area contributed by atoms with E-state index in [-0.39, 0.29) is 6.42 Å². The number of carbonyl (C=O) groups is 1. The van der Waals surface area contributed by atoms with Gasteiger partial charge >= 0.3 is 6.18 Å². The first kappa shape index (κ1) is 11.1. The largest absolute Gasteiger partial charge is 0.395 e. The van der Waals surface area contributed by atoms with Gasteiger partial charge in [-0.1, -0.05) is 0 Å². The Morgan fingerprint density at radius 3 is 2.88 bits per heavy atom. The molecule has 0 unspecified atom stereocenters. The molecule has 0 saturated carbocycles. The van der Waals surface area contributed by atoms with Crippen LogP contribution in [0.3, 0.4) is 0 Å². The van der Waals surface area contributed by atoms with Crippen LogP contribution in [0.1, 0.15) is 12.1 Å². The molecule has 86 valence electrons. The first-order chi connectivity index (χ1) is 7.44. The molecular formula is C9H7F3N2OS. The number of alkyl halides is 3. The smallest absolute Gasteiger partial charge is 0.299 e. The van der Waals surface area contributed by atoms with Crippen molar-refractivity contribution in [3.8, 4) is 0 Å². The predicted octanol–water partition coefficient (Wildman–Crippen LogP) is 2.46. The SMILES string of the molecule is O=C(Cc1cn2ccsc2n1)CC(F)(F)F. The van der Waals surface area contributed by atoms with Crippen LogP contribution in [0.15, 0.2) is 17.8 Å². The van der Waals surface area contributed by atoms with E-state index in [0.717, 1.165) is 0 Å². The molecule has 2 aromatic heterocycles. The van der Waals surface area contributed by atoms with Crippen molar-refractivity contribution in [1.82, 2.24) is 9.38 Å². The molecule has 0 amide bonds. The van der Waals surface area contributed by atoms with Crippen LogP contribution in [-0.2, 0) is 11.2 Å². The Morgan fingerprint density at radius 1 is 1.50 bits per heavy atom. The summed E-state index contributed by atoms with van der Waals surface area (Å²) in [5.74, 6) is -0.863. The minimum Gasteiger partial charge on any atom is -0.299 e. The minimum absolute atomic E-state index is 0.270. The lowest BCUT2D eigenvalue weighted by atomic mass is 10.2. The fourth-order valence-electron chi connectivity index (χ4n) is 1.35. The Kier molecular flexibility index (Phi) is 2.71. The highest BCUT2D eigenvalue weighted by Gasteiger charge is 2.31. The van der Waals surface area contributed by atoms with Crippen LogP contribution in [0.25, 0.3) is 4.96 Å². The van der Waals surface area contributed by atoms with E-state index in [4.69, 9.17) is 0 Å². The molecule has 0 N–H and O–H groups in total. The number of carbonyl (C=O) groups excluding carboxylic acids is 1. The molecule has 2 aromatic rings. The van der Waals surface area contributed by atoms with Gasteiger partial charge in [0.1, 0.15) is 12.2 Å². The number of aromatic nitrogens is 2. The van der Waals surface area contributed by atoms with Crippen LogP contribution in [-0.4, -0.2) is 21.3 Å². The molecule has 0 bridgehead atoms. The van der Waals surface area contributed by atoms with Gasteiger partial charge in [-0.25, -0.2) is 4.98 Å². The van der Waals surface area contributed by atoms with Crippen molar-refractivity contribution < 1.29 is 18.0 Å². The highest BCUT2D eigenvalue weighted by molar-refractivity contribution is 7.15. The van der Waals surface area contributed by atoms with Gasteiger partial charge in [0, 0.05) is 17.8 Å². The molecule has 0 saturated heterocycles. The molecule has 0 fully saturated rings. The fraction of sp³-hybridized carbons (Fsp3) is 0.333. The van der Waals surface area contributed by atoms with Crippen LogP contribution in [0.4, 0.5) is 13.2 Å². The Balaban J connectivity index is 2.05. The Labute approximate surface area is 92.5 Å². The summed E-state index contributed by atoms with van der Waals surface area (Å²) < 4.78 is 37.4. The third-order valence-electron chi connectivity index (χ3n) is 1.92. The van der Waals surface area contributed by atoms with E-state index in [9.17, 15) is 18.0 Å². The van der Waals surface area contributed by atoms with Gasteiger partial charge in [0.05, 0.1) is 12.1 Å². The lowest BCUT2D eigenvalue weighted by molar-refractivity contribution is -0.151. The second-order valence-electron chi connectivity index (χ2n) is 3.33. The van der Waals surface area contributed by atoms with Crippen molar-refractivity contribution in [2.45, 2.75) is 19.0 Å². The summed E-state index contributed by atoms with van der Waals surface area (Å²) in [7, 11) is 0. The van der Waals surface area contributed by atoms with Gasteiger partial charge in [-0.05, 0) is 0 Å². The van der Waals surface area contributed by atoms with Crippen LogP contribution in [0.2, 0.25) is 0 Å². The van der Waals surface area contributed by atoms with Gasteiger partial charge in [0.15, 0.2) is 4.96 Å². The molecule has 0 aliphatic rings. The normalized spacial score (nSPS) is 12.2. The second-order valence-corrected chi connectivity index (χ2v) is 4.21. The number of rotatable bonds is 3. The molecule has 7 heteroatoms. The quantitative estimate of drug-likeness (QED) is 0.836. The van der Waals surface area contributed by atoms with Crippen molar-refractivity contribution in [1.29, 1.82) is 0 Å². The van der Waals surface area contributed by atoms with Gasteiger partial charge in [-0.2, -0.15) is 13.2 Å². The zero-order valence-corrected chi connectivity index (χ0v) is 8.81. The van der Waals surface area contributed by atoms with E-state index in [1.165, 1.54) is 11.3 Å². The summed E-state index contributed by atoms with van der Waals surface area (Å²) in [6, 6.07) is 0. The number of hydrogen-bond acceptors (Lipinski definition) is 3. The topological polar surface area (TPSA) is 34.4 Å². The summed E-state index contributed by atoms with van der Waals surface area (Å²) in [6.45, 7) is 0. The maximum atomic E-state index is 11.9. The number of halogens is 3. The standard InChI is InChI=1S/C9H7F3N2OS/c10-9(11,12)4-7(15)3-6-5-14-1-2-16-8(14)13-6/h1-2,5H,3-4H2. The van der Waals surface area contributed by atoms with E-state index in [1.807, 2.05) is 5.38 Å². The van der Waals surface area contributed by atoms with E-state index < -0.39 is 18.4 Å². The van der Waals surface area contributed by atoms with Crippen molar-refractivity contribution in [2.24, 2.45) is 0 Å². The van der Waals surface area contributed by atoms with E-state index in [2.05, 4.69) is 4.98 Å². The molecule has 0 spiro atoms. The number of fused-ring (bicyclic) bond motifs is 1. The fourth-order valence-corrected chi connectivity index (χ4v) is 2.07. The maximum absolute atomic E-state index is 11.9. The predicted molar refractivity (Wildman–Crippen MR) is 52.5 cm³/mol. The lowest BCUT2D eigenvalue weighted by Crippen LogP contribution is -2.16.